The summed E-state index contributed by atoms with van der Waals surface area (Å²) < 4.78 is 5.39. The number of rotatable bonds is 5. The van der Waals surface area contributed by atoms with E-state index in [9.17, 15) is 9.59 Å². The van der Waals surface area contributed by atoms with Gasteiger partial charge in [0.25, 0.3) is 0 Å². The Morgan fingerprint density at radius 1 is 1.41 bits per heavy atom. The second kappa shape index (κ2) is 5.42. The van der Waals surface area contributed by atoms with Crippen LogP contribution >= 0.6 is 0 Å². The van der Waals surface area contributed by atoms with Crippen molar-refractivity contribution in [1.29, 1.82) is 0 Å². The lowest BCUT2D eigenvalue weighted by Crippen LogP contribution is -2.43. The summed E-state index contributed by atoms with van der Waals surface area (Å²) in [7, 11) is 0. The summed E-state index contributed by atoms with van der Waals surface area (Å²) in [5.41, 5.74) is 10.7. The van der Waals surface area contributed by atoms with Crippen LogP contribution in [0.25, 0.3) is 0 Å². The fourth-order valence-electron chi connectivity index (χ4n) is 1.73. The van der Waals surface area contributed by atoms with Gasteiger partial charge in [-0.05, 0) is 20.3 Å². The molecule has 0 fully saturated rings. The van der Waals surface area contributed by atoms with Gasteiger partial charge in [0.05, 0.1) is 18.6 Å². The molecule has 0 heterocycles. The van der Waals surface area contributed by atoms with Crippen molar-refractivity contribution in [3.8, 4) is 0 Å². The summed E-state index contributed by atoms with van der Waals surface area (Å²) in [5, 5.41) is 0. The predicted molar refractivity (Wildman–Crippen MR) is 64.2 cm³/mol. The number of hydrogen-bond acceptors (Lipinski definition) is 5. The zero-order chi connectivity index (χ0) is 13.1. The third kappa shape index (κ3) is 3.64. The van der Waals surface area contributed by atoms with Crippen LogP contribution in [0.3, 0.4) is 0 Å². The van der Waals surface area contributed by atoms with Crippen LogP contribution in [-0.4, -0.2) is 30.3 Å². The molecule has 17 heavy (non-hydrogen) atoms. The summed E-state index contributed by atoms with van der Waals surface area (Å²) in [6.45, 7) is 3.97. The van der Waals surface area contributed by atoms with Crippen molar-refractivity contribution in [1.82, 2.24) is 0 Å². The van der Waals surface area contributed by atoms with Gasteiger partial charge in [0.2, 0.25) is 0 Å². The van der Waals surface area contributed by atoms with Gasteiger partial charge >= 0.3 is 0 Å². The number of nitrogens with two attached hydrogens (primary N) is 2. The molecule has 4 N–H and O–H groups in total. The lowest BCUT2D eigenvalue weighted by atomic mass is 9.86. The molecule has 0 aromatic carbocycles. The molecule has 0 saturated carbocycles. The second-order valence-electron chi connectivity index (χ2n) is 4.81. The summed E-state index contributed by atoms with van der Waals surface area (Å²) in [6, 6.07) is 0. The minimum Gasteiger partial charge on any atom is -0.496 e. The molecule has 0 aliphatic heterocycles. The first kappa shape index (κ1) is 13.9. The summed E-state index contributed by atoms with van der Waals surface area (Å²) in [6.07, 6.45) is 0.974. The topological polar surface area (TPSA) is 95.4 Å². The van der Waals surface area contributed by atoms with E-state index in [1.54, 1.807) is 13.8 Å². The minimum atomic E-state index is -0.937. The van der Waals surface area contributed by atoms with Crippen LogP contribution in [0, 0.1) is 0 Å². The Labute approximate surface area is 101 Å². The maximum atomic E-state index is 12.1. The number of ketones is 2. The van der Waals surface area contributed by atoms with E-state index in [1.165, 1.54) is 0 Å². The molecule has 0 spiro atoms. The Morgan fingerprint density at radius 3 is 2.59 bits per heavy atom. The van der Waals surface area contributed by atoms with Crippen molar-refractivity contribution in [3.05, 3.63) is 11.3 Å². The summed E-state index contributed by atoms with van der Waals surface area (Å²) in [4.78, 5) is 23.5. The van der Waals surface area contributed by atoms with Gasteiger partial charge in [-0.25, -0.2) is 0 Å². The van der Waals surface area contributed by atoms with Crippen LogP contribution < -0.4 is 11.5 Å². The average Bonchev–Trinajstić information content (AvgIpc) is 2.24. The van der Waals surface area contributed by atoms with E-state index >= 15 is 0 Å². The van der Waals surface area contributed by atoms with Crippen LogP contribution in [0.15, 0.2) is 11.3 Å². The molecule has 96 valence electrons. The van der Waals surface area contributed by atoms with Gasteiger partial charge in [-0.3, -0.25) is 9.59 Å². The van der Waals surface area contributed by atoms with Crippen LogP contribution in [-0.2, 0) is 14.3 Å². The number of allylic oxidation sites excluding steroid dienone is 1. The van der Waals surface area contributed by atoms with Crippen LogP contribution in [0.5, 0.6) is 0 Å². The SMILES string of the molecule is CC(C)(N)C(=O)C1=C(OCCN)CC(=O)CC1. The normalized spacial score (nSPS) is 17.3. The molecule has 0 saturated heterocycles. The number of ether oxygens (including phenoxy) is 1. The van der Waals surface area contributed by atoms with Crippen molar-refractivity contribution in [2.24, 2.45) is 11.5 Å². The van der Waals surface area contributed by atoms with Crippen molar-refractivity contribution < 1.29 is 14.3 Å². The number of carbonyl (C=O) groups is 2. The van der Waals surface area contributed by atoms with Crippen molar-refractivity contribution in [3.63, 3.8) is 0 Å². The highest BCUT2D eigenvalue weighted by Crippen LogP contribution is 2.26. The molecule has 1 rings (SSSR count). The molecule has 1 aliphatic rings. The lowest BCUT2D eigenvalue weighted by molar-refractivity contribution is -0.121. The van der Waals surface area contributed by atoms with Crippen molar-refractivity contribution in [2.45, 2.75) is 38.6 Å². The smallest absolute Gasteiger partial charge is 0.181 e. The molecular weight excluding hydrogens is 220 g/mol. The zero-order valence-corrected chi connectivity index (χ0v) is 10.4. The number of hydrogen-bond donors (Lipinski definition) is 2. The van der Waals surface area contributed by atoms with Gasteiger partial charge in [-0.15, -0.1) is 0 Å². The number of Topliss-reactive ketones (excluding diaryl/α,β-unsaturated/α-hetero) is 2. The number of carbonyl (C=O) groups excluding carboxylic acids is 2. The largest absolute Gasteiger partial charge is 0.496 e. The van der Waals surface area contributed by atoms with Gasteiger partial charge in [0.15, 0.2) is 5.78 Å². The molecule has 0 amide bonds. The summed E-state index contributed by atoms with van der Waals surface area (Å²) >= 11 is 0. The van der Waals surface area contributed by atoms with E-state index in [2.05, 4.69) is 0 Å². The maximum Gasteiger partial charge on any atom is 0.181 e. The third-order valence-corrected chi connectivity index (χ3v) is 2.60. The maximum absolute atomic E-state index is 12.1. The fourth-order valence-corrected chi connectivity index (χ4v) is 1.73. The molecule has 0 aromatic heterocycles. The van der Waals surface area contributed by atoms with Gasteiger partial charge in [-0.1, -0.05) is 0 Å². The Balaban J connectivity index is 2.95. The Kier molecular flexibility index (Phi) is 4.42. The Morgan fingerprint density at radius 2 is 2.06 bits per heavy atom. The first-order valence-corrected chi connectivity index (χ1v) is 5.76. The molecule has 5 nitrogen and oxygen atoms in total. The van der Waals surface area contributed by atoms with E-state index < -0.39 is 5.54 Å². The monoisotopic (exact) mass is 240 g/mol. The predicted octanol–water partition coefficient (Wildman–Crippen LogP) is 0.275. The molecular formula is C12H20N2O3. The fraction of sp³-hybridized carbons (Fsp3) is 0.667. The zero-order valence-electron chi connectivity index (χ0n) is 10.4. The van der Waals surface area contributed by atoms with Crippen LogP contribution in [0.2, 0.25) is 0 Å². The van der Waals surface area contributed by atoms with E-state index in [4.69, 9.17) is 16.2 Å². The van der Waals surface area contributed by atoms with E-state index in [1.807, 2.05) is 0 Å². The third-order valence-electron chi connectivity index (χ3n) is 2.60. The molecule has 0 bridgehead atoms. The van der Waals surface area contributed by atoms with Crippen molar-refractivity contribution >= 4 is 11.6 Å². The standard InChI is InChI=1S/C12H20N2O3/c1-12(2,14)11(16)9-4-3-8(15)7-10(9)17-6-5-13/h3-7,13-14H2,1-2H3. The van der Waals surface area contributed by atoms with Gasteiger partial charge < -0.3 is 16.2 Å². The average molecular weight is 240 g/mol. The highest BCUT2D eigenvalue weighted by Gasteiger charge is 2.31. The minimum absolute atomic E-state index is 0.0865. The molecule has 0 unspecified atom stereocenters. The van der Waals surface area contributed by atoms with E-state index in [0.29, 0.717) is 37.3 Å². The summed E-state index contributed by atoms with van der Waals surface area (Å²) in [5.74, 6) is 0.385. The first-order valence-electron chi connectivity index (χ1n) is 5.76. The molecule has 1 aliphatic carbocycles. The van der Waals surface area contributed by atoms with Crippen LogP contribution in [0.4, 0.5) is 0 Å². The van der Waals surface area contributed by atoms with Gasteiger partial charge in [0, 0.05) is 18.5 Å². The van der Waals surface area contributed by atoms with Crippen molar-refractivity contribution in [2.75, 3.05) is 13.2 Å². The Bertz CT molecular complexity index is 353. The highest BCUT2D eigenvalue weighted by atomic mass is 16.5. The quantitative estimate of drug-likeness (QED) is 0.719. The molecule has 0 atom stereocenters. The van der Waals surface area contributed by atoms with Gasteiger partial charge in [-0.2, -0.15) is 0 Å². The van der Waals surface area contributed by atoms with E-state index in [0.717, 1.165) is 0 Å². The molecule has 0 radical (unpaired) electrons. The van der Waals surface area contributed by atoms with Crippen LogP contribution in [0.1, 0.15) is 33.1 Å². The van der Waals surface area contributed by atoms with E-state index in [-0.39, 0.29) is 18.0 Å². The highest BCUT2D eigenvalue weighted by molar-refractivity contribution is 6.04. The lowest BCUT2D eigenvalue weighted by Gasteiger charge is -2.24. The first-order chi connectivity index (χ1) is 7.86. The molecule has 0 aromatic rings. The second-order valence-corrected chi connectivity index (χ2v) is 4.81. The van der Waals surface area contributed by atoms with Gasteiger partial charge in [0.1, 0.15) is 11.5 Å². The molecule has 5 heteroatoms. The Hall–Kier alpha value is -1.20.